The molecule has 0 amide bonds. The van der Waals surface area contributed by atoms with Gasteiger partial charge in [-0.25, -0.2) is 4.39 Å². The fourth-order valence-electron chi connectivity index (χ4n) is 1.64. The van der Waals surface area contributed by atoms with Crippen LogP contribution in [0.4, 0.5) is 4.39 Å². The topological polar surface area (TPSA) is 74.2 Å². The van der Waals surface area contributed by atoms with Crippen LogP contribution in [-0.2, 0) is 13.0 Å². The molecule has 1 aromatic carbocycles. The number of halogens is 1. The standard InChI is InChI=1S/C13H16FN3O2/c1-3-12-16-13(19-17-12)7-18-11-5-4-9(14)6-10(11)8(2)15/h4-6,8H,3,7,15H2,1-2H3. The first-order valence-corrected chi connectivity index (χ1v) is 6.09. The average Bonchev–Trinajstić information content (AvgIpc) is 2.85. The largest absolute Gasteiger partial charge is 0.483 e. The van der Waals surface area contributed by atoms with Gasteiger partial charge in [0.2, 0.25) is 0 Å². The van der Waals surface area contributed by atoms with E-state index in [1.165, 1.54) is 12.1 Å². The van der Waals surface area contributed by atoms with Crippen molar-refractivity contribution in [3.63, 3.8) is 0 Å². The maximum atomic E-state index is 13.2. The minimum absolute atomic E-state index is 0.137. The van der Waals surface area contributed by atoms with Crippen LogP contribution in [0.3, 0.4) is 0 Å². The monoisotopic (exact) mass is 265 g/mol. The van der Waals surface area contributed by atoms with Gasteiger partial charge in [0.1, 0.15) is 11.6 Å². The molecule has 1 heterocycles. The zero-order chi connectivity index (χ0) is 13.8. The Hall–Kier alpha value is -1.95. The second-order valence-electron chi connectivity index (χ2n) is 4.22. The van der Waals surface area contributed by atoms with Crippen LogP contribution in [0.2, 0.25) is 0 Å². The molecule has 1 atom stereocenters. The summed E-state index contributed by atoms with van der Waals surface area (Å²) >= 11 is 0. The van der Waals surface area contributed by atoms with Crippen molar-refractivity contribution in [1.82, 2.24) is 10.1 Å². The minimum Gasteiger partial charge on any atom is -0.483 e. The van der Waals surface area contributed by atoms with Crippen molar-refractivity contribution in [3.05, 3.63) is 41.3 Å². The number of hydrogen-bond donors (Lipinski definition) is 1. The van der Waals surface area contributed by atoms with Gasteiger partial charge in [-0.1, -0.05) is 12.1 Å². The highest BCUT2D eigenvalue weighted by molar-refractivity contribution is 5.36. The predicted molar refractivity (Wildman–Crippen MR) is 67.0 cm³/mol. The number of nitrogens with two attached hydrogens (primary N) is 1. The minimum atomic E-state index is -0.342. The van der Waals surface area contributed by atoms with Gasteiger partial charge in [0.05, 0.1) is 0 Å². The number of aromatic nitrogens is 2. The lowest BCUT2D eigenvalue weighted by molar-refractivity contribution is 0.239. The van der Waals surface area contributed by atoms with Crippen LogP contribution in [-0.4, -0.2) is 10.1 Å². The molecular weight excluding hydrogens is 249 g/mol. The summed E-state index contributed by atoms with van der Waals surface area (Å²) in [5.74, 6) is 1.19. The van der Waals surface area contributed by atoms with Crippen LogP contribution in [0.25, 0.3) is 0 Å². The molecule has 2 N–H and O–H groups in total. The summed E-state index contributed by atoms with van der Waals surface area (Å²) in [5.41, 5.74) is 6.39. The van der Waals surface area contributed by atoms with Crippen LogP contribution in [0, 0.1) is 5.82 Å². The number of aryl methyl sites for hydroxylation is 1. The van der Waals surface area contributed by atoms with Gasteiger partial charge in [-0.3, -0.25) is 0 Å². The first-order valence-electron chi connectivity index (χ1n) is 6.09. The Morgan fingerprint density at radius 2 is 2.26 bits per heavy atom. The molecule has 0 saturated carbocycles. The van der Waals surface area contributed by atoms with Crippen molar-refractivity contribution in [2.45, 2.75) is 32.9 Å². The summed E-state index contributed by atoms with van der Waals surface area (Å²) in [4.78, 5) is 4.13. The Labute approximate surface area is 110 Å². The Kier molecular flexibility index (Phi) is 4.11. The highest BCUT2D eigenvalue weighted by Gasteiger charge is 2.11. The smallest absolute Gasteiger partial charge is 0.264 e. The molecule has 1 unspecified atom stereocenters. The molecule has 5 nitrogen and oxygen atoms in total. The van der Waals surface area contributed by atoms with E-state index in [1.807, 2.05) is 6.92 Å². The summed E-state index contributed by atoms with van der Waals surface area (Å²) in [5, 5.41) is 3.77. The lowest BCUT2D eigenvalue weighted by Crippen LogP contribution is -2.08. The maximum absolute atomic E-state index is 13.2. The van der Waals surface area contributed by atoms with E-state index in [-0.39, 0.29) is 18.5 Å². The van der Waals surface area contributed by atoms with E-state index >= 15 is 0 Å². The molecule has 2 aromatic rings. The van der Waals surface area contributed by atoms with Crippen molar-refractivity contribution in [2.75, 3.05) is 0 Å². The summed E-state index contributed by atoms with van der Waals surface area (Å²) < 4.78 is 23.7. The molecule has 0 saturated heterocycles. The highest BCUT2D eigenvalue weighted by Crippen LogP contribution is 2.25. The Bertz CT molecular complexity index is 555. The number of hydrogen-bond acceptors (Lipinski definition) is 5. The number of benzene rings is 1. The summed E-state index contributed by atoms with van der Waals surface area (Å²) in [6.07, 6.45) is 0.700. The number of rotatable bonds is 5. The van der Waals surface area contributed by atoms with Crippen molar-refractivity contribution < 1.29 is 13.7 Å². The molecule has 0 aliphatic rings. The molecule has 0 aliphatic carbocycles. The third kappa shape index (κ3) is 3.29. The normalized spacial score (nSPS) is 12.4. The molecule has 6 heteroatoms. The predicted octanol–water partition coefficient (Wildman–Crippen LogP) is 2.37. The SMILES string of the molecule is CCc1noc(COc2ccc(F)cc2C(C)N)n1. The van der Waals surface area contributed by atoms with Crippen LogP contribution in [0.15, 0.2) is 22.7 Å². The van der Waals surface area contributed by atoms with Gasteiger partial charge in [-0.2, -0.15) is 4.98 Å². The molecule has 102 valence electrons. The Morgan fingerprint density at radius 1 is 1.47 bits per heavy atom. The molecule has 0 aliphatic heterocycles. The Morgan fingerprint density at radius 3 is 2.89 bits per heavy atom. The van der Waals surface area contributed by atoms with Crippen LogP contribution in [0.1, 0.15) is 37.2 Å². The molecule has 0 fully saturated rings. The third-order valence-electron chi connectivity index (χ3n) is 2.64. The fourth-order valence-corrected chi connectivity index (χ4v) is 1.64. The van der Waals surface area contributed by atoms with Crippen molar-refractivity contribution in [2.24, 2.45) is 5.73 Å². The lowest BCUT2D eigenvalue weighted by Gasteiger charge is -2.12. The van der Waals surface area contributed by atoms with Crippen molar-refractivity contribution >= 4 is 0 Å². The molecule has 0 bridgehead atoms. The molecule has 1 aromatic heterocycles. The molecule has 19 heavy (non-hydrogen) atoms. The van der Waals surface area contributed by atoms with E-state index in [0.717, 1.165) is 0 Å². The maximum Gasteiger partial charge on any atom is 0.264 e. The van der Waals surface area contributed by atoms with Crippen LogP contribution >= 0.6 is 0 Å². The second-order valence-corrected chi connectivity index (χ2v) is 4.22. The summed E-state index contributed by atoms with van der Waals surface area (Å²) in [7, 11) is 0. The second kappa shape index (κ2) is 5.79. The third-order valence-corrected chi connectivity index (χ3v) is 2.64. The first-order chi connectivity index (χ1) is 9.10. The van der Waals surface area contributed by atoms with Gasteiger partial charge < -0.3 is 15.0 Å². The van der Waals surface area contributed by atoms with Crippen molar-refractivity contribution in [1.29, 1.82) is 0 Å². The van der Waals surface area contributed by atoms with Crippen LogP contribution in [0.5, 0.6) is 5.75 Å². The summed E-state index contributed by atoms with van der Waals surface area (Å²) in [6.45, 7) is 3.84. The number of nitrogens with zero attached hydrogens (tertiary/aromatic N) is 2. The van der Waals surface area contributed by atoms with Gasteiger partial charge in [0, 0.05) is 18.0 Å². The number of ether oxygens (including phenoxy) is 1. The van der Waals surface area contributed by atoms with E-state index < -0.39 is 0 Å². The van der Waals surface area contributed by atoms with E-state index in [4.69, 9.17) is 15.0 Å². The molecular formula is C13H16FN3O2. The quantitative estimate of drug-likeness (QED) is 0.898. The average molecular weight is 265 g/mol. The molecule has 0 spiro atoms. The first kappa shape index (κ1) is 13.5. The van der Waals surface area contributed by atoms with E-state index in [0.29, 0.717) is 29.4 Å². The lowest BCUT2D eigenvalue weighted by atomic mass is 10.1. The van der Waals surface area contributed by atoms with E-state index in [9.17, 15) is 4.39 Å². The summed E-state index contributed by atoms with van der Waals surface area (Å²) in [6, 6.07) is 3.92. The zero-order valence-corrected chi connectivity index (χ0v) is 10.9. The zero-order valence-electron chi connectivity index (χ0n) is 10.9. The van der Waals surface area contributed by atoms with Gasteiger partial charge in [-0.05, 0) is 25.1 Å². The van der Waals surface area contributed by atoms with Gasteiger partial charge >= 0.3 is 0 Å². The Balaban J connectivity index is 2.10. The van der Waals surface area contributed by atoms with Crippen molar-refractivity contribution in [3.8, 4) is 5.75 Å². The molecule has 0 radical (unpaired) electrons. The highest BCUT2D eigenvalue weighted by atomic mass is 19.1. The van der Waals surface area contributed by atoms with Gasteiger partial charge in [0.25, 0.3) is 5.89 Å². The van der Waals surface area contributed by atoms with Gasteiger partial charge in [-0.15, -0.1) is 0 Å². The van der Waals surface area contributed by atoms with Crippen LogP contribution < -0.4 is 10.5 Å². The van der Waals surface area contributed by atoms with E-state index in [2.05, 4.69) is 10.1 Å². The molecule has 2 rings (SSSR count). The fraction of sp³-hybridized carbons (Fsp3) is 0.385. The van der Waals surface area contributed by atoms with E-state index in [1.54, 1.807) is 13.0 Å². The van der Waals surface area contributed by atoms with Gasteiger partial charge in [0.15, 0.2) is 12.4 Å².